The van der Waals surface area contributed by atoms with Gasteiger partial charge in [0.2, 0.25) is 0 Å². The fraction of sp³-hybridized carbons (Fsp3) is 0.429. The average molecular weight is 262 g/mol. The quantitative estimate of drug-likeness (QED) is 0.781. The highest BCUT2D eigenvalue weighted by atomic mass is 16.4. The molecule has 0 spiro atoms. The van der Waals surface area contributed by atoms with Crippen molar-refractivity contribution in [3.63, 3.8) is 0 Å². The van der Waals surface area contributed by atoms with Crippen molar-refractivity contribution in [1.29, 1.82) is 0 Å². The lowest BCUT2D eigenvalue weighted by Crippen LogP contribution is -2.31. The number of aliphatic carboxylic acids is 1. The smallest absolute Gasteiger partial charge is 0.317 e. The van der Waals surface area contributed by atoms with E-state index in [4.69, 9.17) is 5.11 Å². The Hall–Kier alpha value is -1.88. The van der Waals surface area contributed by atoms with Gasteiger partial charge < -0.3 is 10.4 Å². The fourth-order valence-corrected chi connectivity index (χ4v) is 2.27. The molecule has 5 nitrogen and oxygen atoms in total. The number of anilines is 1. The molecule has 1 heterocycles. The number of hydrogen-bond donors (Lipinski definition) is 2. The monoisotopic (exact) mass is 262 g/mol. The van der Waals surface area contributed by atoms with Crippen molar-refractivity contribution in [2.45, 2.75) is 12.8 Å². The molecule has 2 rings (SSSR count). The molecule has 0 aromatic heterocycles. The maximum Gasteiger partial charge on any atom is 0.317 e. The van der Waals surface area contributed by atoms with Gasteiger partial charge in [-0.3, -0.25) is 14.5 Å². The van der Waals surface area contributed by atoms with Crippen LogP contribution in [0.5, 0.6) is 0 Å². The van der Waals surface area contributed by atoms with Crippen LogP contribution in [0, 0.1) is 0 Å². The summed E-state index contributed by atoms with van der Waals surface area (Å²) in [6, 6.07) is 5.64. The van der Waals surface area contributed by atoms with E-state index >= 15 is 0 Å². The number of carbonyl (C=O) groups excluding carboxylic acids is 1. The Labute approximate surface area is 112 Å². The standard InChI is InChI=1S/C14H18N2O3/c1-16(9-14(18)19)8-13(17)11-4-5-12-10(7-11)3-2-6-15-12/h4-5,7,15H,2-3,6,8-9H2,1H3,(H,18,19). The average Bonchev–Trinajstić information content (AvgIpc) is 2.37. The van der Waals surface area contributed by atoms with Crippen LogP contribution in [0.4, 0.5) is 5.69 Å². The molecule has 0 bridgehead atoms. The van der Waals surface area contributed by atoms with Crippen molar-refractivity contribution in [3.8, 4) is 0 Å². The fourth-order valence-electron chi connectivity index (χ4n) is 2.27. The van der Waals surface area contributed by atoms with Gasteiger partial charge in [0.1, 0.15) is 0 Å². The minimum Gasteiger partial charge on any atom is -0.480 e. The van der Waals surface area contributed by atoms with Crippen LogP contribution in [-0.4, -0.2) is 48.4 Å². The molecule has 5 heteroatoms. The summed E-state index contributed by atoms with van der Waals surface area (Å²) in [4.78, 5) is 24.1. The van der Waals surface area contributed by atoms with E-state index in [-0.39, 0.29) is 18.9 Å². The number of carboxylic acids is 1. The van der Waals surface area contributed by atoms with Gasteiger partial charge in [0.15, 0.2) is 5.78 Å². The molecule has 1 aromatic carbocycles. The van der Waals surface area contributed by atoms with E-state index in [2.05, 4.69) is 5.32 Å². The lowest BCUT2D eigenvalue weighted by Gasteiger charge is -2.19. The molecule has 102 valence electrons. The van der Waals surface area contributed by atoms with Crippen molar-refractivity contribution < 1.29 is 14.7 Å². The molecule has 0 saturated carbocycles. The van der Waals surface area contributed by atoms with Crippen molar-refractivity contribution in [1.82, 2.24) is 4.90 Å². The van der Waals surface area contributed by atoms with Gasteiger partial charge in [-0.15, -0.1) is 0 Å². The lowest BCUT2D eigenvalue weighted by molar-refractivity contribution is -0.137. The summed E-state index contributed by atoms with van der Waals surface area (Å²) in [5.74, 6) is -0.970. The van der Waals surface area contributed by atoms with Crippen molar-refractivity contribution in [2.24, 2.45) is 0 Å². The molecule has 1 aromatic rings. The molecule has 0 amide bonds. The number of ketones is 1. The zero-order valence-electron chi connectivity index (χ0n) is 11.0. The van der Waals surface area contributed by atoms with Crippen molar-refractivity contribution >= 4 is 17.4 Å². The second kappa shape index (κ2) is 5.84. The summed E-state index contributed by atoms with van der Waals surface area (Å²) < 4.78 is 0. The van der Waals surface area contributed by atoms with E-state index in [0.717, 1.165) is 30.6 Å². The third kappa shape index (κ3) is 3.54. The number of carbonyl (C=O) groups is 2. The minimum absolute atomic E-state index is 0.0443. The van der Waals surface area contributed by atoms with Crippen LogP contribution in [0.3, 0.4) is 0 Å². The van der Waals surface area contributed by atoms with E-state index in [1.165, 1.54) is 4.90 Å². The summed E-state index contributed by atoms with van der Waals surface area (Å²) in [5.41, 5.74) is 2.92. The minimum atomic E-state index is -0.926. The van der Waals surface area contributed by atoms with Crippen LogP contribution in [0.15, 0.2) is 18.2 Å². The molecule has 1 aliphatic rings. The zero-order chi connectivity index (χ0) is 13.8. The first kappa shape index (κ1) is 13.5. The van der Waals surface area contributed by atoms with Crippen LogP contribution in [0.1, 0.15) is 22.3 Å². The number of aryl methyl sites for hydroxylation is 1. The Bertz CT molecular complexity index is 499. The highest BCUT2D eigenvalue weighted by Crippen LogP contribution is 2.23. The highest BCUT2D eigenvalue weighted by molar-refractivity contribution is 5.98. The summed E-state index contributed by atoms with van der Waals surface area (Å²) in [6.07, 6.45) is 2.05. The van der Waals surface area contributed by atoms with Gasteiger partial charge in [-0.1, -0.05) is 0 Å². The number of benzene rings is 1. The van der Waals surface area contributed by atoms with Crippen LogP contribution >= 0.6 is 0 Å². The largest absolute Gasteiger partial charge is 0.480 e. The number of likely N-dealkylation sites (N-methyl/N-ethyl adjacent to an activating group) is 1. The Kier molecular flexibility index (Phi) is 4.16. The van der Waals surface area contributed by atoms with Gasteiger partial charge in [0.25, 0.3) is 0 Å². The Morgan fingerprint density at radius 3 is 2.89 bits per heavy atom. The maximum absolute atomic E-state index is 12.1. The Balaban J connectivity index is 2.05. The molecule has 0 unspecified atom stereocenters. The first-order valence-electron chi connectivity index (χ1n) is 6.36. The number of Topliss-reactive ketones (excluding diaryl/α,β-unsaturated/α-hetero) is 1. The topological polar surface area (TPSA) is 69.6 Å². The summed E-state index contributed by atoms with van der Waals surface area (Å²) in [7, 11) is 1.63. The molecule has 2 N–H and O–H groups in total. The lowest BCUT2D eigenvalue weighted by atomic mass is 9.99. The van der Waals surface area contributed by atoms with E-state index in [1.807, 2.05) is 12.1 Å². The van der Waals surface area contributed by atoms with Gasteiger partial charge >= 0.3 is 5.97 Å². The molecule has 19 heavy (non-hydrogen) atoms. The second-order valence-corrected chi connectivity index (χ2v) is 4.89. The molecule has 0 fully saturated rings. The number of nitrogens with zero attached hydrogens (tertiary/aromatic N) is 1. The maximum atomic E-state index is 12.1. The second-order valence-electron chi connectivity index (χ2n) is 4.89. The molecule has 1 aliphatic heterocycles. The number of fused-ring (bicyclic) bond motifs is 1. The highest BCUT2D eigenvalue weighted by Gasteiger charge is 2.14. The van der Waals surface area contributed by atoms with Gasteiger partial charge in [-0.25, -0.2) is 0 Å². The van der Waals surface area contributed by atoms with Gasteiger partial charge in [-0.05, 0) is 43.7 Å². The summed E-state index contributed by atoms with van der Waals surface area (Å²) >= 11 is 0. The van der Waals surface area contributed by atoms with Gasteiger partial charge in [0, 0.05) is 17.8 Å². The predicted molar refractivity (Wildman–Crippen MR) is 72.7 cm³/mol. The van der Waals surface area contributed by atoms with Crippen molar-refractivity contribution in [3.05, 3.63) is 29.3 Å². The van der Waals surface area contributed by atoms with E-state index in [0.29, 0.717) is 5.56 Å². The van der Waals surface area contributed by atoms with E-state index < -0.39 is 5.97 Å². The first-order chi connectivity index (χ1) is 9.06. The van der Waals surface area contributed by atoms with E-state index in [9.17, 15) is 9.59 Å². The van der Waals surface area contributed by atoms with E-state index in [1.54, 1.807) is 13.1 Å². The summed E-state index contributed by atoms with van der Waals surface area (Å²) in [5, 5.41) is 12.0. The van der Waals surface area contributed by atoms with Crippen molar-refractivity contribution in [2.75, 3.05) is 32.0 Å². The summed E-state index contributed by atoms with van der Waals surface area (Å²) in [6.45, 7) is 0.971. The Morgan fingerprint density at radius 2 is 2.16 bits per heavy atom. The number of nitrogens with one attached hydrogen (secondary N) is 1. The molecule has 0 atom stereocenters. The van der Waals surface area contributed by atoms with Crippen LogP contribution in [-0.2, 0) is 11.2 Å². The first-order valence-corrected chi connectivity index (χ1v) is 6.36. The normalized spacial score (nSPS) is 13.8. The Morgan fingerprint density at radius 1 is 1.37 bits per heavy atom. The zero-order valence-corrected chi connectivity index (χ0v) is 11.0. The third-order valence-electron chi connectivity index (χ3n) is 3.18. The molecule has 0 aliphatic carbocycles. The molecular weight excluding hydrogens is 244 g/mol. The predicted octanol–water partition coefficient (Wildman–Crippen LogP) is 1.24. The molecule has 0 saturated heterocycles. The molecule has 0 radical (unpaired) electrons. The van der Waals surface area contributed by atoms with Gasteiger partial charge in [-0.2, -0.15) is 0 Å². The van der Waals surface area contributed by atoms with Crippen LogP contribution < -0.4 is 5.32 Å². The molecular formula is C14H18N2O3. The number of carboxylic acid groups (broad SMARTS) is 1. The van der Waals surface area contributed by atoms with Crippen LogP contribution in [0.25, 0.3) is 0 Å². The number of hydrogen-bond acceptors (Lipinski definition) is 4. The van der Waals surface area contributed by atoms with Crippen LogP contribution in [0.2, 0.25) is 0 Å². The number of rotatable bonds is 5. The van der Waals surface area contributed by atoms with Gasteiger partial charge in [0.05, 0.1) is 13.1 Å². The SMILES string of the molecule is CN(CC(=O)O)CC(=O)c1ccc2c(c1)CCCN2. The third-order valence-corrected chi connectivity index (χ3v) is 3.18.